The van der Waals surface area contributed by atoms with Crippen LogP contribution in [0.4, 0.5) is 0 Å². The highest BCUT2D eigenvalue weighted by atomic mass is 127. The minimum atomic E-state index is 0.651. The van der Waals surface area contributed by atoms with E-state index in [1.807, 2.05) is 31.2 Å². The predicted octanol–water partition coefficient (Wildman–Crippen LogP) is 3.21. The molecule has 5 heteroatoms. The molecule has 0 N–H and O–H groups in total. The van der Waals surface area contributed by atoms with Gasteiger partial charge in [0, 0.05) is 0 Å². The Hall–Kier alpha value is -0.690. The third-order valence-electron chi connectivity index (χ3n) is 1.83. The zero-order valence-corrected chi connectivity index (χ0v) is 11.1. The molecule has 0 radical (unpaired) electrons. The second kappa shape index (κ2) is 4.89. The summed E-state index contributed by atoms with van der Waals surface area (Å²) in [6, 6.07) is 7.83. The van der Waals surface area contributed by atoms with Crippen molar-refractivity contribution in [3.63, 3.8) is 0 Å². The van der Waals surface area contributed by atoms with E-state index in [2.05, 4.69) is 31.9 Å². The minimum absolute atomic E-state index is 0.651. The number of rotatable bonds is 3. The third kappa shape index (κ3) is 2.46. The lowest BCUT2D eigenvalue weighted by Gasteiger charge is -2.06. The van der Waals surface area contributed by atoms with Crippen molar-refractivity contribution in [2.75, 3.05) is 6.61 Å². The normalized spacial score (nSPS) is 10.3. The Balaban J connectivity index is 2.42. The van der Waals surface area contributed by atoms with E-state index in [4.69, 9.17) is 4.74 Å². The summed E-state index contributed by atoms with van der Waals surface area (Å²) in [7, 11) is 0. The molecule has 1 heterocycles. The molecule has 0 fully saturated rings. The maximum Gasteiger partial charge on any atom is 0.177 e. The molecule has 2 rings (SSSR count). The zero-order valence-electron chi connectivity index (χ0n) is 8.11. The Labute approximate surface area is 106 Å². The molecule has 3 nitrogen and oxygen atoms in total. The second-order valence-electron chi connectivity index (χ2n) is 2.80. The van der Waals surface area contributed by atoms with Crippen LogP contribution >= 0.6 is 34.1 Å². The van der Waals surface area contributed by atoms with Crippen molar-refractivity contribution in [2.45, 2.75) is 6.92 Å². The highest BCUT2D eigenvalue weighted by Gasteiger charge is 2.09. The van der Waals surface area contributed by atoms with Gasteiger partial charge in [0.25, 0.3) is 0 Å². The molecular formula is C10H9IN2OS. The van der Waals surface area contributed by atoms with Gasteiger partial charge in [-0.05, 0) is 53.2 Å². The Bertz CT molecular complexity index is 458. The number of nitrogens with zero attached hydrogens (tertiary/aromatic N) is 2. The van der Waals surface area contributed by atoms with Crippen LogP contribution in [0.2, 0.25) is 0 Å². The van der Waals surface area contributed by atoms with Crippen LogP contribution in [0.5, 0.6) is 5.75 Å². The quantitative estimate of drug-likeness (QED) is 0.810. The molecule has 78 valence electrons. The van der Waals surface area contributed by atoms with Gasteiger partial charge in [0.15, 0.2) is 8.84 Å². The molecule has 0 atom stereocenters. The summed E-state index contributed by atoms with van der Waals surface area (Å²) in [6.07, 6.45) is 0. The number of para-hydroxylation sites is 1. The molecule has 15 heavy (non-hydrogen) atoms. The number of hydrogen-bond acceptors (Lipinski definition) is 4. The molecule has 0 saturated heterocycles. The van der Waals surface area contributed by atoms with Crippen LogP contribution in [0.3, 0.4) is 0 Å². The summed E-state index contributed by atoms with van der Waals surface area (Å²) in [5, 5.41) is 0. The number of benzene rings is 1. The van der Waals surface area contributed by atoms with Gasteiger partial charge in [0.05, 0.1) is 12.2 Å². The summed E-state index contributed by atoms with van der Waals surface area (Å²) >= 11 is 3.56. The number of ether oxygens (including phenoxy) is 1. The first-order chi connectivity index (χ1) is 7.31. The zero-order chi connectivity index (χ0) is 10.7. The average Bonchev–Trinajstić information content (AvgIpc) is 2.66. The van der Waals surface area contributed by atoms with Crippen molar-refractivity contribution in [3.05, 3.63) is 27.3 Å². The van der Waals surface area contributed by atoms with Crippen molar-refractivity contribution >= 4 is 34.1 Å². The molecule has 0 saturated carbocycles. The summed E-state index contributed by atoms with van der Waals surface area (Å²) in [6.45, 7) is 2.62. The summed E-state index contributed by atoms with van der Waals surface area (Å²) in [5.41, 5.74) is 0.957. The van der Waals surface area contributed by atoms with Crippen LogP contribution in [0, 0.1) is 3.01 Å². The van der Waals surface area contributed by atoms with Crippen LogP contribution in [0.25, 0.3) is 11.4 Å². The maximum atomic E-state index is 5.52. The van der Waals surface area contributed by atoms with E-state index in [-0.39, 0.29) is 0 Å². The lowest BCUT2D eigenvalue weighted by molar-refractivity contribution is 0.341. The van der Waals surface area contributed by atoms with Gasteiger partial charge in [-0.3, -0.25) is 0 Å². The third-order valence-corrected chi connectivity index (χ3v) is 3.17. The molecule has 1 aromatic carbocycles. The molecule has 0 spiro atoms. The van der Waals surface area contributed by atoms with Crippen LogP contribution in [0.15, 0.2) is 24.3 Å². The molecule has 0 amide bonds. The van der Waals surface area contributed by atoms with Gasteiger partial charge in [-0.25, -0.2) is 4.98 Å². The molecule has 2 aromatic rings. The maximum absolute atomic E-state index is 5.52. The van der Waals surface area contributed by atoms with Gasteiger partial charge in [0.2, 0.25) is 0 Å². The van der Waals surface area contributed by atoms with E-state index >= 15 is 0 Å². The lowest BCUT2D eigenvalue weighted by atomic mass is 10.2. The fourth-order valence-electron chi connectivity index (χ4n) is 1.25. The Morgan fingerprint density at radius 1 is 1.40 bits per heavy atom. The van der Waals surface area contributed by atoms with Crippen LogP contribution in [0.1, 0.15) is 6.92 Å². The van der Waals surface area contributed by atoms with Gasteiger partial charge in [-0.15, -0.1) is 0 Å². The average molecular weight is 332 g/mol. The largest absolute Gasteiger partial charge is 0.493 e. The first kappa shape index (κ1) is 10.8. The monoisotopic (exact) mass is 332 g/mol. The van der Waals surface area contributed by atoms with E-state index in [1.54, 1.807) is 0 Å². The molecular weight excluding hydrogens is 323 g/mol. The first-order valence-electron chi connectivity index (χ1n) is 4.52. The van der Waals surface area contributed by atoms with Crippen LogP contribution in [-0.4, -0.2) is 16.0 Å². The summed E-state index contributed by atoms with van der Waals surface area (Å²) in [5.74, 6) is 1.59. The van der Waals surface area contributed by atoms with Crippen molar-refractivity contribution in [2.24, 2.45) is 0 Å². The SMILES string of the molecule is CCOc1ccccc1-c1nsc(I)n1. The van der Waals surface area contributed by atoms with Crippen molar-refractivity contribution in [3.8, 4) is 17.1 Å². The minimum Gasteiger partial charge on any atom is -0.493 e. The topological polar surface area (TPSA) is 35.0 Å². The highest BCUT2D eigenvalue weighted by molar-refractivity contribution is 14.1. The molecule has 0 unspecified atom stereocenters. The van der Waals surface area contributed by atoms with E-state index in [9.17, 15) is 0 Å². The molecule has 0 aliphatic carbocycles. The summed E-state index contributed by atoms with van der Waals surface area (Å²) in [4.78, 5) is 4.34. The number of halogens is 1. The van der Waals surface area contributed by atoms with Crippen LogP contribution < -0.4 is 4.74 Å². The van der Waals surface area contributed by atoms with E-state index in [0.29, 0.717) is 6.61 Å². The van der Waals surface area contributed by atoms with E-state index in [0.717, 1.165) is 20.2 Å². The number of hydrogen-bond donors (Lipinski definition) is 0. The Morgan fingerprint density at radius 2 is 2.20 bits per heavy atom. The van der Waals surface area contributed by atoms with Gasteiger partial charge in [0.1, 0.15) is 5.75 Å². The van der Waals surface area contributed by atoms with Gasteiger partial charge < -0.3 is 4.74 Å². The highest BCUT2D eigenvalue weighted by Crippen LogP contribution is 2.28. The summed E-state index contributed by atoms with van der Waals surface area (Å²) < 4.78 is 10.7. The standard InChI is InChI=1S/C10H9IN2OS/c1-2-14-8-6-4-3-5-7(8)9-12-10(11)15-13-9/h3-6H,2H2,1H3. The molecule has 0 aliphatic rings. The Kier molecular flexibility index (Phi) is 3.53. The van der Waals surface area contributed by atoms with Gasteiger partial charge >= 0.3 is 0 Å². The van der Waals surface area contributed by atoms with Crippen molar-refractivity contribution < 1.29 is 4.74 Å². The fraction of sp³-hybridized carbons (Fsp3) is 0.200. The van der Waals surface area contributed by atoms with Gasteiger partial charge in [-0.1, -0.05) is 12.1 Å². The second-order valence-corrected chi connectivity index (χ2v) is 5.31. The molecule has 0 aliphatic heterocycles. The van der Waals surface area contributed by atoms with Crippen LogP contribution in [-0.2, 0) is 0 Å². The Morgan fingerprint density at radius 3 is 2.87 bits per heavy atom. The van der Waals surface area contributed by atoms with Crippen molar-refractivity contribution in [1.29, 1.82) is 0 Å². The molecule has 0 bridgehead atoms. The van der Waals surface area contributed by atoms with Crippen molar-refractivity contribution in [1.82, 2.24) is 9.36 Å². The van der Waals surface area contributed by atoms with E-state index in [1.165, 1.54) is 11.5 Å². The lowest BCUT2D eigenvalue weighted by Crippen LogP contribution is -1.94. The smallest absolute Gasteiger partial charge is 0.177 e. The fourth-order valence-corrected chi connectivity index (χ4v) is 2.20. The molecule has 1 aromatic heterocycles. The number of aromatic nitrogens is 2. The van der Waals surface area contributed by atoms with E-state index < -0.39 is 0 Å². The first-order valence-corrected chi connectivity index (χ1v) is 6.38. The van der Waals surface area contributed by atoms with Gasteiger partial charge in [-0.2, -0.15) is 4.37 Å². The predicted molar refractivity (Wildman–Crippen MR) is 69.2 cm³/mol.